The minimum Gasteiger partial charge on any atom is -0.355 e. The fraction of sp³-hybridized carbons (Fsp3) is 0.652. The van der Waals surface area contributed by atoms with E-state index in [1.165, 1.54) is 18.4 Å². The SMILES string of the molecule is CC(C)(C)c1ccc(CN2C(=O)CCC2CC(=O)NCCN2CCCC2)cc1. The summed E-state index contributed by atoms with van der Waals surface area (Å²) >= 11 is 0. The van der Waals surface area contributed by atoms with Crippen molar-refractivity contribution in [2.75, 3.05) is 26.2 Å². The molecular formula is C23H35N3O2. The van der Waals surface area contributed by atoms with Crippen LogP contribution in [0.25, 0.3) is 0 Å². The smallest absolute Gasteiger partial charge is 0.223 e. The number of nitrogens with zero attached hydrogens (tertiary/aromatic N) is 2. The Balaban J connectivity index is 1.50. The molecule has 2 amide bonds. The van der Waals surface area contributed by atoms with E-state index in [9.17, 15) is 9.59 Å². The van der Waals surface area contributed by atoms with Crippen LogP contribution in [0.2, 0.25) is 0 Å². The summed E-state index contributed by atoms with van der Waals surface area (Å²) in [5.41, 5.74) is 2.54. The first-order valence-corrected chi connectivity index (χ1v) is 10.7. The van der Waals surface area contributed by atoms with Crippen LogP contribution >= 0.6 is 0 Å². The monoisotopic (exact) mass is 385 g/mol. The Morgan fingerprint density at radius 2 is 1.82 bits per heavy atom. The number of amides is 2. The Morgan fingerprint density at radius 3 is 2.46 bits per heavy atom. The summed E-state index contributed by atoms with van der Waals surface area (Å²) in [7, 11) is 0. The molecule has 0 aromatic heterocycles. The molecule has 2 heterocycles. The molecule has 3 rings (SSSR count). The fourth-order valence-electron chi connectivity index (χ4n) is 4.18. The van der Waals surface area contributed by atoms with Gasteiger partial charge in [0.05, 0.1) is 0 Å². The van der Waals surface area contributed by atoms with Gasteiger partial charge in [-0.05, 0) is 48.9 Å². The largest absolute Gasteiger partial charge is 0.355 e. The van der Waals surface area contributed by atoms with Crippen molar-refractivity contribution in [3.63, 3.8) is 0 Å². The van der Waals surface area contributed by atoms with E-state index in [-0.39, 0.29) is 23.3 Å². The fourth-order valence-corrected chi connectivity index (χ4v) is 4.18. The lowest BCUT2D eigenvalue weighted by atomic mass is 9.87. The number of likely N-dealkylation sites (tertiary alicyclic amines) is 2. The van der Waals surface area contributed by atoms with Gasteiger partial charge in [-0.15, -0.1) is 0 Å². The number of hydrogen-bond donors (Lipinski definition) is 1. The van der Waals surface area contributed by atoms with Crippen LogP contribution in [0.5, 0.6) is 0 Å². The molecular weight excluding hydrogens is 350 g/mol. The number of carbonyl (C=O) groups excluding carboxylic acids is 2. The molecule has 28 heavy (non-hydrogen) atoms. The summed E-state index contributed by atoms with van der Waals surface area (Å²) < 4.78 is 0. The van der Waals surface area contributed by atoms with E-state index in [0.717, 1.165) is 31.6 Å². The molecule has 1 aromatic rings. The number of hydrogen-bond acceptors (Lipinski definition) is 3. The summed E-state index contributed by atoms with van der Waals surface area (Å²) in [6, 6.07) is 8.53. The molecule has 154 valence electrons. The van der Waals surface area contributed by atoms with E-state index >= 15 is 0 Å². The van der Waals surface area contributed by atoms with Gasteiger partial charge in [-0.1, -0.05) is 45.0 Å². The van der Waals surface area contributed by atoms with Crippen molar-refractivity contribution in [2.24, 2.45) is 0 Å². The van der Waals surface area contributed by atoms with Crippen molar-refractivity contribution in [1.29, 1.82) is 0 Å². The van der Waals surface area contributed by atoms with E-state index in [4.69, 9.17) is 0 Å². The second-order valence-corrected chi connectivity index (χ2v) is 9.26. The van der Waals surface area contributed by atoms with Gasteiger partial charge < -0.3 is 15.1 Å². The number of nitrogens with one attached hydrogen (secondary N) is 1. The molecule has 2 saturated heterocycles. The van der Waals surface area contributed by atoms with Crippen LogP contribution in [0.1, 0.15) is 64.0 Å². The lowest BCUT2D eigenvalue weighted by Gasteiger charge is -2.25. The maximum absolute atomic E-state index is 12.4. The van der Waals surface area contributed by atoms with Crippen molar-refractivity contribution in [3.05, 3.63) is 35.4 Å². The van der Waals surface area contributed by atoms with Crippen LogP contribution in [0.3, 0.4) is 0 Å². The van der Waals surface area contributed by atoms with Gasteiger partial charge in [0.25, 0.3) is 0 Å². The highest BCUT2D eigenvalue weighted by atomic mass is 16.2. The van der Waals surface area contributed by atoms with Crippen LogP contribution in [-0.2, 0) is 21.5 Å². The van der Waals surface area contributed by atoms with Crippen LogP contribution in [-0.4, -0.2) is 53.8 Å². The van der Waals surface area contributed by atoms with E-state index in [0.29, 0.717) is 25.9 Å². The van der Waals surface area contributed by atoms with Crippen molar-refractivity contribution < 1.29 is 9.59 Å². The van der Waals surface area contributed by atoms with Gasteiger partial charge in [-0.25, -0.2) is 0 Å². The summed E-state index contributed by atoms with van der Waals surface area (Å²) in [5.74, 6) is 0.224. The van der Waals surface area contributed by atoms with E-state index in [1.807, 2.05) is 4.90 Å². The molecule has 0 aliphatic carbocycles. The van der Waals surface area contributed by atoms with Crippen LogP contribution in [0.4, 0.5) is 0 Å². The lowest BCUT2D eigenvalue weighted by molar-refractivity contribution is -0.130. The van der Waals surface area contributed by atoms with Gasteiger partial charge in [0.15, 0.2) is 0 Å². The van der Waals surface area contributed by atoms with E-state index in [2.05, 4.69) is 55.3 Å². The first kappa shape index (κ1) is 20.8. The Labute approximate surface area is 169 Å². The molecule has 2 aliphatic rings. The third kappa shape index (κ3) is 5.57. The molecule has 1 unspecified atom stereocenters. The van der Waals surface area contributed by atoms with Gasteiger partial charge in [-0.3, -0.25) is 9.59 Å². The molecule has 2 fully saturated rings. The van der Waals surface area contributed by atoms with Crippen molar-refractivity contribution in [3.8, 4) is 0 Å². The predicted molar refractivity (Wildman–Crippen MR) is 112 cm³/mol. The molecule has 2 aliphatic heterocycles. The molecule has 5 heteroatoms. The highest BCUT2D eigenvalue weighted by Crippen LogP contribution is 2.26. The van der Waals surface area contributed by atoms with Gasteiger partial charge >= 0.3 is 0 Å². The molecule has 1 atom stereocenters. The third-order valence-electron chi connectivity index (χ3n) is 6.00. The van der Waals surface area contributed by atoms with E-state index in [1.54, 1.807) is 0 Å². The molecule has 1 aromatic carbocycles. The Kier molecular flexibility index (Phi) is 6.76. The van der Waals surface area contributed by atoms with Crippen LogP contribution < -0.4 is 5.32 Å². The second-order valence-electron chi connectivity index (χ2n) is 9.26. The van der Waals surface area contributed by atoms with Crippen LogP contribution in [0, 0.1) is 0 Å². The van der Waals surface area contributed by atoms with Gasteiger partial charge in [0, 0.05) is 38.5 Å². The summed E-state index contributed by atoms with van der Waals surface area (Å²) in [6.45, 7) is 11.1. The summed E-state index contributed by atoms with van der Waals surface area (Å²) in [6.07, 6.45) is 4.27. The Bertz CT molecular complexity index is 672. The van der Waals surface area contributed by atoms with E-state index < -0.39 is 0 Å². The standard InChI is InChI=1S/C23H35N3O2/c1-23(2,3)19-8-6-18(7-9-19)17-26-20(10-11-22(26)28)16-21(27)24-12-15-25-13-4-5-14-25/h6-9,20H,4-5,10-17H2,1-3H3,(H,24,27). The highest BCUT2D eigenvalue weighted by molar-refractivity contribution is 5.82. The first-order valence-electron chi connectivity index (χ1n) is 10.7. The Morgan fingerprint density at radius 1 is 1.14 bits per heavy atom. The normalized spacial score (nSPS) is 20.8. The number of rotatable bonds is 7. The quantitative estimate of drug-likeness (QED) is 0.785. The zero-order chi connectivity index (χ0) is 20.1. The summed E-state index contributed by atoms with van der Waals surface area (Å²) in [5, 5.41) is 3.04. The predicted octanol–water partition coefficient (Wildman–Crippen LogP) is 3.08. The zero-order valence-electron chi connectivity index (χ0n) is 17.7. The van der Waals surface area contributed by atoms with Crippen molar-refractivity contribution in [2.45, 2.75) is 70.9 Å². The minimum atomic E-state index is 0.0154. The molecule has 0 radical (unpaired) electrons. The zero-order valence-corrected chi connectivity index (χ0v) is 17.7. The van der Waals surface area contributed by atoms with Gasteiger partial charge in [-0.2, -0.15) is 0 Å². The Hall–Kier alpha value is -1.88. The maximum atomic E-state index is 12.4. The van der Waals surface area contributed by atoms with Crippen molar-refractivity contribution in [1.82, 2.24) is 15.1 Å². The lowest BCUT2D eigenvalue weighted by Crippen LogP contribution is -2.39. The minimum absolute atomic E-state index is 0.0154. The molecule has 0 spiro atoms. The average molecular weight is 386 g/mol. The molecule has 0 bridgehead atoms. The molecule has 5 nitrogen and oxygen atoms in total. The first-order chi connectivity index (χ1) is 13.3. The van der Waals surface area contributed by atoms with Crippen LogP contribution in [0.15, 0.2) is 24.3 Å². The maximum Gasteiger partial charge on any atom is 0.223 e. The second kappa shape index (κ2) is 9.08. The van der Waals surface area contributed by atoms with Gasteiger partial charge in [0.2, 0.25) is 11.8 Å². The van der Waals surface area contributed by atoms with Crippen molar-refractivity contribution >= 4 is 11.8 Å². The number of benzene rings is 1. The topological polar surface area (TPSA) is 52.7 Å². The number of carbonyl (C=O) groups is 2. The molecule has 1 N–H and O–H groups in total. The third-order valence-corrected chi connectivity index (χ3v) is 6.00. The molecule has 0 saturated carbocycles. The van der Waals surface area contributed by atoms with Gasteiger partial charge in [0.1, 0.15) is 0 Å². The highest BCUT2D eigenvalue weighted by Gasteiger charge is 2.32. The average Bonchev–Trinajstić information content (AvgIpc) is 3.27. The summed E-state index contributed by atoms with van der Waals surface area (Å²) in [4.78, 5) is 29.0.